The lowest BCUT2D eigenvalue weighted by atomic mass is 10.2. The molecule has 0 bridgehead atoms. The molecule has 1 saturated heterocycles. The Kier molecular flexibility index (Phi) is 5.27. The van der Waals surface area contributed by atoms with Crippen molar-refractivity contribution in [3.63, 3.8) is 0 Å². The maximum atomic E-state index is 13.9. The summed E-state index contributed by atoms with van der Waals surface area (Å²) in [5.74, 6) is -3.92. The number of benzene rings is 2. The average Bonchev–Trinajstić information content (AvgIpc) is 2.63. The van der Waals surface area contributed by atoms with E-state index >= 15 is 0 Å². The summed E-state index contributed by atoms with van der Waals surface area (Å²) in [6.45, 7) is 3.13. The number of rotatable bonds is 2. The van der Waals surface area contributed by atoms with Gasteiger partial charge in [0.1, 0.15) is 0 Å². The summed E-state index contributed by atoms with van der Waals surface area (Å²) in [4.78, 5) is 15.5. The predicted octanol–water partition coefficient (Wildman–Crippen LogP) is 4.42. The predicted molar refractivity (Wildman–Crippen MR) is 95.3 cm³/mol. The van der Waals surface area contributed by atoms with Gasteiger partial charge in [0.2, 0.25) is 0 Å². The molecule has 0 saturated carbocycles. The third-order valence-corrected chi connectivity index (χ3v) is 4.75. The fourth-order valence-corrected chi connectivity index (χ4v) is 2.96. The highest BCUT2D eigenvalue weighted by Crippen LogP contribution is 2.25. The summed E-state index contributed by atoms with van der Waals surface area (Å²) in [7, 11) is 0. The van der Waals surface area contributed by atoms with Crippen molar-refractivity contribution in [3.05, 3.63) is 58.4 Å². The molecule has 26 heavy (non-hydrogen) atoms. The van der Waals surface area contributed by atoms with E-state index in [0.717, 1.165) is 11.6 Å². The second-order valence-corrected chi connectivity index (χ2v) is 6.47. The zero-order valence-electron chi connectivity index (χ0n) is 14.0. The number of hydrogen-bond acceptors (Lipinski definition) is 2. The van der Waals surface area contributed by atoms with E-state index in [-0.39, 0.29) is 11.7 Å². The minimum Gasteiger partial charge on any atom is -0.366 e. The highest BCUT2D eigenvalue weighted by molar-refractivity contribution is 6.31. The van der Waals surface area contributed by atoms with Crippen molar-refractivity contribution in [1.29, 1.82) is 0 Å². The third kappa shape index (κ3) is 3.72. The number of anilines is 2. The smallest absolute Gasteiger partial charge is 0.321 e. The first-order chi connectivity index (χ1) is 12.4. The van der Waals surface area contributed by atoms with Crippen LogP contribution < -0.4 is 10.2 Å². The van der Waals surface area contributed by atoms with Gasteiger partial charge in [0, 0.05) is 36.9 Å². The molecule has 1 aliphatic heterocycles. The van der Waals surface area contributed by atoms with Crippen LogP contribution in [-0.2, 0) is 0 Å². The quantitative estimate of drug-likeness (QED) is 0.779. The van der Waals surface area contributed by atoms with Gasteiger partial charge in [-0.05, 0) is 36.8 Å². The second-order valence-electron chi connectivity index (χ2n) is 6.06. The Hall–Kier alpha value is -2.41. The van der Waals surface area contributed by atoms with E-state index in [1.165, 1.54) is 6.07 Å². The molecular formula is C18H17ClF3N3O. The van der Waals surface area contributed by atoms with Crippen LogP contribution in [0.5, 0.6) is 0 Å². The second kappa shape index (κ2) is 7.45. The molecule has 0 spiro atoms. The fraction of sp³-hybridized carbons (Fsp3) is 0.278. The molecule has 2 amide bonds. The number of aryl methyl sites for hydroxylation is 1. The van der Waals surface area contributed by atoms with Crippen LogP contribution in [0, 0.1) is 24.4 Å². The zero-order chi connectivity index (χ0) is 18.8. The number of carbonyl (C=O) groups excluding carboxylic acids is 1. The number of urea groups is 1. The van der Waals surface area contributed by atoms with Gasteiger partial charge in [-0.1, -0.05) is 17.7 Å². The van der Waals surface area contributed by atoms with Crippen molar-refractivity contribution in [2.45, 2.75) is 6.92 Å². The number of hydrogen-bond donors (Lipinski definition) is 1. The molecule has 8 heteroatoms. The molecule has 2 aromatic rings. The molecule has 0 atom stereocenters. The van der Waals surface area contributed by atoms with Crippen molar-refractivity contribution in [2.75, 3.05) is 36.4 Å². The first-order valence-corrected chi connectivity index (χ1v) is 8.45. The van der Waals surface area contributed by atoms with Gasteiger partial charge in [0.25, 0.3) is 0 Å². The van der Waals surface area contributed by atoms with Gasteiger partial charge in [-0.2, -0.15) is 0 Å². The van der Waals surface area contributed by atoms with Gasteiger partial charge in [-0.25, -0.2) is 18.0 Å². The Morgan fingerprint density at radius 2 is 1.73 bits per heavy atom. The number of piperazine rings is 1. The van der Waals surface area contributed by atoms with E-state index in [9.17, 15) is 18.0 Å². The monoisotopic (exact) mass is 383 g/mol. The van der Waals surface area contributed by atoms with Crippen LogP contribution in [0.1, 0.15) is 5.56 Å². The minimum atomic E-state index is -1.49. The van der Waals surface area contributed by atoms with Gasteiger partial charge in [0.05, 0.1) is 5.69 Å². The molecule has 3 rings (SSSR count). The topological polar surface area (TPSA) is 35.6 Å². The van der Waals surface area contributed by atoms with Crippen LogP contribution in [-0.4, -0.2) is 37.1 Å². The molecule has 2 aromatic carbocycles. The first kappa shape index (κ1) is 18.4. The van der Waals surface area contributed by atoms with E-state index in [2.05, 4.69) is 5.32 Å². The average molecular weight is 384 g/mol. The van der Waals surface area contributed by atoms with Crippen molar-refractivity contribution >= 4 is 29.0 Å². The Labute approximate surface area is 154 Å². The standard InChI is InChI=1S/C18H17ClF3N3O/c1-11-2-3-12(10-13(11)19)23-18(26)25-8-6-24(7-9-25)15-5-4-14(20)16(21)17(15)22/h2-5,10H,6-9H2,1H3,(H,23,26). The summed E-state index contributed by atoms with van der Waals surface area (Å²) in [5, 5.41) is 3.32. The lowest BCUT2D eigenvalue weighted by molar-refractivity contribution is 0.208. The van der Waals surface area contributed by atoms with Crippen LogP contribution in [0.3, 0.4) is 0 Å². The van der Waals surface area contributed by atoms with Crippen LogP contribution >= 0.6 is 11.6 Å². The molecule has 0 aromatic heterocycles. The van der Waals surface area contributed by atoms with E-state index in [1.54, 1.807) is 21.9 Å². The van der Waals surface area contributed by atoms with Crippen molar-refractivity contribution < 1.29 is 18.0 Å². The molecule has 0 aliphatic carbocycles. The zero-order valence-corrected chi connectivity index (χ0v) is 14.8. The van der Waals surface area contributed by atoms with Crippen molar-refractivity contribution in [2.24, 2.45) is 0 Å². The normalized spacial score (nSPS) is 14.5. The van der Waals surface area contributed by atoms with Crippen LogP contribution in [0.25, 0.3) is 0 Å². The fourth-order valence-electron chi connectivity index (χ4n) is 2.78. The molecular weight excluding hydrogens is 367 g/mol. The third-order valence-electron chi connectivity index (χ3n) is 4.35. The molecule has 1 N–H and O–H groups in total. The van der Waals surface area contributed by atoms with Gasteiger partial charge in [-0.3, -0.25) is 0 Å². The van der Waals surface area contributed by atoms with Gasteiger partial charge < -0.3 is 15.1 Å². The summed E-state index contributed by atoms with van der Waals surface area (Å²) in [6, 6.07) is 7.04. The number of carbonyl (C=O) groups is 1. The van der Waals surface area contributed by atoms with E-state index in [1.807, 2.05) is 13.0 Å². The van der Waals surface area contributed by atoms with Crippen LogP contribution in [0.15, 0.2) is 30.3 Å². The Morgan fingerprint density at radius 3 is 2.38 bits per heavy atom. The molecule has 4 nitrogen and oxygen atoms in total. The Morgan fingerprint density at radius 1 is 1.04 bits per heavy atom. The van der Waals surface area contributed by atoms with Gasteiger partial charge >= 0.3 is 6.03 Å². The van der Waals surface area contributed by atoms with Crippen molar-refractivity contribution in [3.8, 4) is 0 Å². The van der Waals surface area contributed by atoms with Crippen LogP contribution in [0.2, 0.25) is 5.02 Å². The van der Waals surface area contributed by atoms with Crippen molar-refractivity contribution in [1.82, 2.24) is 4.90 Å². The first-order valence-electron chi connectivity index (χ1n) is 8.07. The van der Waals surface area contributed by atoms with E-state index < -0.39 is 17.5 Å². The van der Waals surface area contributed by atoms with E-state index in [4.69, 9.17) is 11.6 Å². The Bertz CT molecular complexity index is 839. The number of nitrogens with one attached hydrogen (secondary N) is 1. The molecule has 0 radical (unpaired) electrons. The minimum absolute atomic E-state index is 0.00530. The Balaban J connectivity index is 1.62. The maximum Gasteiger partial charge on any atom is 0.321 e. The highest BCUT2D eigenvalue weighted by Gasteiger charge is 2.25. The molecule has 1 fully saturated rings. The molecule has 0 unspecified atom stereocenters. The molecule has 1 heterocycles. The summed E-state index contributed by atoms with van der Waals surface area (Å²) in [5.41, 5.74) is 1.49. The highest BCUT2D eigenvalue weighted by atomic mass is 35.5. The largest absolute Gasteiger partial charge is 0.366 e. The van der Waals surface area contributed by atoms with E-state index in [0.29, 0.717) is 36.9 Å². The summed E-state index contributed by atoms with van der Waals surface area (Å²) >= 11 is 6.04. The van der Waals surface area contributed by atoms with Gasteiger partial charge in [0.15, 0.2) is 17.5 Å². The number of halogens is 4. The maximum absolute atomic E-state index is 13.9. The van der Waals surface area contributed by atoms with Gasteiger partial charge in [-0.15, -0.1) is 0 Å². The number of amides is 2. The summed E-state index contributed by atoms with van der Waals surface area (Å²) < 4.78 is 40.3. The summed E-state index contributed by atoms with van der Waals surface area (Å²) in [6.07, 6.45) is 0. The number of nitrogens with zero attached hydrogens (tertiary/aromatic N) is 2. The lowest BCUT2D eigenvalue weighted by Gasteiger charge is -2.36. The SMILES string of the molecule is Cc1ccc(NC(=O)N2CCN(c3ccc(F)c(F)c3F)CC2)cc1Cl. The molecule has 138 valence electrons. The molecule has 1 aliphatic rings. The van der Waals surface area contributed by atoms with Crippen LogP contribution in [0.4, 0.5) is 29.3 Å². The lowest BCUT2D eigenvalue weighted by Crippen LogP contribution is -2.50.